The van der Waals surface area contributed by atoms with Gasteiger partial charge >= 0.3 is 0 Å². The van der Waals surface area contributed by atoms with Crippen LogP contribution in [-0.2, 0) is 6.54 Å². The normalized spacial score (nSPS) is 27.4. The number of nitrogens with one attached hydrogen (secondary N) is 1. The Labute approximate surface area is 150 Å². The second kappa shape index (κ2) is 8.26. The highest BCUT2D eigenvalue weighted by Crippen LogP contribution is 2.36. The molecule has 0 bridgehead atoms. The van der Waals surface area contributed by atoms with Crippen LogP contribution in [0.5, 0.6) is 0 Å². The Hall–Kier alpha value is -0.200. The highest BCUT2D eigenvalue weighted by atomic mass is 35.5. The molecule has 1 atom stereocenters. The Morgan fingerprint density at radius 3 is 2.70 bits per heavy atom. The molecule has 1 aromatic heterocycles. The topological polar surface area (TPSA) is 31.4 Å². The smallest absolute Gasteiger partial charge is 0.0959 e. The summed E-state index contributed by atoms with van der Waals surface area (Å²) >= 11 is 1.98. The third-order valence-corrected chi connectivity index (χ3v) is 6.72. The fraction of sp³-hybridized carbons (Fsp3) is 0.824. The lowest BCUT2D eigenvalue weighted by Gasteiger charge is -2.32. The van der Waals surface area contributed by atoms with Gasteiger partial charge in [0.05, 0.1) is 5.01 Å². The molecule has 6 heteroatoms. The molecule has 3 heterocycles. The van der Waals surface area contributed by atoms with Gasteiger partial charge in [0.1, 0.15) is 0 Å². The number of hydrogen-bond donors (Lipinski definition) is 1. The van der Waals surface area contributed by atoms with Crippen LogP contribution in [0.15, 0.2) is 6.20 Å². The van der Waals surface area contributed by atoms with Crippen molar-refractivity contribution >= 4 is 23.7 Å². The Morgan fingerprint density at radius 1 is 1.13 bits per heavy atom. The number of thiazole rings is 1. The standard InChI is InChI=1S/C17H28N4S.ClH/c1-2-4-14(3-1)17-19-11-16(22-17)13-20-8-5-15(12-20)21-9-6-18-7-10-21;/h11,14-15,18H,1-10,12-13H2;1H. The molecule has 1 unspecified atom stereocenters. The molecule has 0 amide bonds. The van der Waals surface area contributed by atoms with Gasteiger partial charge in [-0.3, -0.25) is 9.80 Å². The quantitative estimate of drug-likeness (QED) is 0.898. The molecule has 130 valence electrons. The van der Waals surface area contributed by atoms with Crippen LogP contribution in [-0.4, -0.2) is 60.1 Å². The van der Waals surface area contributed by atoms with E-state index in [-0.39, 0.29) is 12.4 Å². The number of nitrogens with zero attached hydrogens (tertiary/aromatic N) is 3. The molecule has 4 rings (SSSR count). The van der Waals surface area contributed by atoms with Crippen LogP contribution in [0.1, 0.15) is 47.9 Å². The summed E-state index contributed by atoms with van der Waals surface area (Å²) in [6.07, 6.45) is 9.02. The van der Waals surface area contributed by atoms with Gasteiger partial charge in [-0.1, -0.05) is 12.8 Å². The van der Waals surface area contributed by atoms with Gasteiger partial charge in [0.2, 0.25) is 0 Å². The molecule has 0 radical (unpaired) electrons. The van der Waals surface area contributed by atoms with E-state index in [4.69, 9.17) is 4.98 Å². The average molecular weight is 357 g/mol. The fourth-order valence-electron chi connectivity index (χ4n) is 4.28. The molecule has 1 N–H and O–H groups in total. The van der Waals surface area contributed by atoms with Gasteiger partial charge in [0.15, 0.2) is 0 Å². The van der Waals surface area contributed by atoms with Gasteiger partial charge in [-0.05, 0) is 19.3 Å². The predicted octanol–water partition coefficient (Wildman–Crippen LogP) is 2.70. The minimum absolute atomic E-state index is 0. The summed E-state index contributed by atoms with van der Waals surface area (Å²) < 4.78 is 0. The first-order valence-electron chi connectivity index (χ1n) is 9.00. The Bertz CT molecular complexity index is 483. The van der Waals surface area contributed by atoms with Gasteiger partial charge in [-0.25, -0.2) is 4.98 Å². The maximum Gasteiger partial charge on any atom is 0.0959 e. The van der Waals surface area contributed by atoms with E-state index in [1.54, 1.807) is 0 Å². The number of piperazine rings is 1. The van der Waals surface area contributed by atoms with Gasteiger partial charge < -0.3 is 5.32 Å². The van der Waals surface area contributed by atoms with E-state index in [0.717, 1.165) is 31.6 Å². The second-order valence-electron chi connectivity index (χ2n) is 7.11. The van der Waals surface area contributed by atoms with Gasteiger partial charge in [0, 0.05) is 68.8 Å². The lowest BCUT2D eigenvalue weighted by atomic mass is 10.1. The molecular weight excluding hydrogens is 328 g/mol. The maximum atomic E-state index is 4.72. The van der Waals surface area contributed by atoms with Crippen molar-refractivity contribution in [3.63, 3.8) is 0 Å². The van der Waals surface area contributed by atoms with Gasteiger partial charge in [-0.15, -0.1) is 23.7 Å². The summed E-state index contributed by atoms with van der Waals surface area (Å²) in [6, 6.07) is 0.782. The van der Waals surface area contributed by atoms with Crippen molar-refractivity contribution < 1.29 is 0 Å². The van der Waals surface area contributed by atoms with E-state index in [2.05, 4.69) is 21.3 Å². The van der Waals surface area contributed by atoms with Gasteiger partial charge in [-0.2, -0.15) is 0 Å². The molecule has 1 saturated carbocycles. The average Bonchev–Trinajstić information content (AvgIpc) is 3.30. The minimum atomic E-state index is 0. The zero-order valence-corrected chi connectivity index (χ0v) is 15.5. The molecule has 2 saturated heterocycles. The van der Waals surface area contributed by atoms with Crippen LogP contribution < -0.4 is 5.32 Å². The Morgan fingerprint density at radius 2 is 1.91 bits per heavy atom. The molecule has 1 aromatic rings. The fourth-order valence-corrected chi connectivity index (χ4v) is 5.41. The molecule has 4 nitrogen and oxygen atoms in total. The lowest BCUT2D eigenvalue weighted by molar-refractivity contribution is 0.170. The highest BCUT2D eigenvalue weighted by molar-refractivity contribution is 7.11. The number of hydrogen-bond acceptors (Lipinski definition) is 5. The monoisotopic (exact) mass is 356 g/mol. The number of halogens is 1. The Balaban J connectivity index is 0.00000156. The van der Waals surface area contributed by atoms with E-state index >= 15 is 0 Å². The van der Waals surface area contributed by atoms with Crippen LogP contribution in [0.3, 0.4) is 0 Å². The molecule has 2 aliphatic heterocycles. The van der Waals surface area contributed by atoms with Crippen molar-refractivity contribution in [1.82, 2.24) is 20.1 Å². The van der Waals surface area contributed by atoms with Crippen molar-refractivity contribution in [3.8, 4) is 0 Å². The summed E-state index contributed by atoms with van der Waals surface area (Å²) in [5.74, 6) is 0.769. The molecule has 0 spiro atoms. The first kappa shape index (κ1) is 17.6. The minimum Gasteiger partial charge on any atom is -0.314 e. The third kappa shape index (κ3) is 4.26. The van der Waals surface area contributed by atoms with E-state index in [1.807, 2.05) is 11.3 Å². The summed E-state index contributed by atoms with van der Waals surface area (Å²) in [6.45, 7) is 8.40. The lowest BCUT2D eigenvalue weighted by Crippen LogP contribution is -2.49. The molecule has 23 heavy (non-hydrogen) atoms. The number of likely N-dealkylation sites (tertiary alicyclic amines) is 1. The molecule has 3 aliphatic rings. The van der Waals surface area contributed by atoms with Crippen LogP contribution in [0.25, 0.3) is 0 Å². The largest absolute Gasteiger partial charge is 0.314 e. The van der Waals surface area contributed by atoms with Gasteiger partial charge in [0.25, 0.3) is 0 Å². The second-order valence-corrected chi connectivity index (χ2v) is 8.26. The zero-order chi connectivity index (χ0) is 14.8. The molecule has 0 aromatic carbocycles. The van der Waals surface area contributed by atoms with E-state index < -0.39 is 0 Å². The zero-order valence-electron chi connectivity index (χ0n) is 13.9. The summed E-state index contributed by atoms with van der Waals surface area (Å²) in [5.41, 5.74) is 0. The highest BCUT2D eigenvalue weighted by Gasteiger charge is 2.29. The first-order valence-corrected chi connectivity index (χ1v) is 9.82. The number of aromatic nitrogens is 1. The molecular formula is C17H29ClN4S. The summed E-state index contributed by atoms with van der Waals surface area (Å²) in [5, 5.41) is 4.86. The van der Waals surface area contributed by atoms with Crippen molar-refractivity contribution in [2.24, 2.45) is 0 Å². The van der Waals surface area contributed by atoms with Crippen molar-refractivity contribution in [1.29, 1.82) is 0 Å². The molecule has 3 fully saturated rings. The van der Waals surface area contributed by atoms with E-state index in [0.29, 0.717) is 0 Å². The van der Waals surface area contributed by atoms with E-state index in [1.165, 1.54) is 68.2 Å². The van der Waals surface area contributed by atoms with E-state index in [9.17, 15) is 0 Å². The van der Waals surface area contributed by atoms with Crippen LogP contribution >= 0.6 is 23.7 Å². The first-order chi connectivity index (χ1) is 10.9. The maximum absolute atomic E-state index is 4.72. The Kier molecular flexibility index (Phi) is 6.32. The van der Waals surface area contributed by atoms with Crippen LogP contribution in [0, 0.1) is 0 Å². The van der Waals surface area contributed by atoms with Crippen molar-refractivity contribution in [2.45, 2.75) is 50.6 Å². The number of rotatable bonds is 4. The van der Waals surface area contributed by atoms with Crippen molar-refractivity contribution in [3.05, 3.63) is 16.1 Å². The summed E-state index contributed by atoms with van der Waals surface area (Å²) in [7, 11) is 0. The van der Waals surface area contributed by atoms with Crippen LogP contribution in [0.4, 0.5) is 0 Å². The molecule has 1 aliphatic carbocycles. The summed E-state index contributed by atoms with van der Waals surface area (Å²) in [4.78, 5) is 11.5. The SMILES string of the molecule is Cl.c1nc(C2CCCC2)sc1CN1CCC(N2CCNCC2)C1. The van der Waals surface area contributed by atoms with Crippen LogP contribution in [0.2, 0.25) is 0 Å². The van der Waals surface area contributed by atoms with Crippen molar-refractivity contribution in [2.75, 3.05) is 39.3 Å². The predicted molar refractivity (Wildman–Crippen MR) is 98.7 cm³/mol. The third-order valence-electron chi connectivity index (χ3n) is 5.57.